The van der Waals surface area contributed by atoms with Crippen LogP contribution in [0.3, 0.4) is 0 Å². The molecule has 2 fully saturated rings. The lowest BCUT2D eigenvalue weighted by Crippen LogP contribution is -2.62. The Morgan fingerprint density at radius 3 is 2.47 bits per heavy atom. The Morgan fingerprint density at radius 1 is 1.16 bits per heavy atom. The smallest absolute Gasteiger partial charge is 0.334 e. The van der Waals surface area contributed by atoms with Gasteiger partial charge in [0.15, 0.2) is 0 Å². The van der Waals surface area contributed by atoms with Crippen LogP contribution in [0.25, 0.3) is 0 Å². The summed E-state index contributed by atoms with van der Waals surface area (Å²) in [5.74, 6) is -1.80. The van der Waals surface area contributed by atoms with Crippen molar-refractivity contribution in [3.05, 3.63) is 45.6 Å². The number of nitrogens with zero attached hydrogens (tertiary/aromatic N) is 4. The maximum atomic E-state index is 13.1. The molecule has 0 unspecified atom stereocenters. The molecule has 10 nitrogen and oxygen atoms in total. The summed E-state index contributed by atoms with van der Waals surface area (Å²) >= 11 is 0. The fourth-order valence-electron chi connectivity index (χ4n) is 4.32. The van der Waals surface area contributed by atoms with E-state index < -0.39 is 17.8 Å². The van der Waals surface area contributed by atoms with E-state index in [4.69, 9.17) is 11.5 Å². The summed E-state index contributed by atoms with van der Waals surface area (Å²) in [6.45, 7) is 5.44. The number of likely N-dealkylation sites (tertiary alicyclic amines) is 1. The van der Waals surface area contributed by atoms with Crippen LogP contribution in [0.4, 0.5) is 4.79 Å². The number of aryl methyl sites for hydroxylation is 1. The number of unbranched alkanes of at least 4 members (excludes halogenated alkanes) is 1. The number of carbonyl (C=O) groups is 3. The van der Waals surface area contributed by atoms with Gasteiger partial charge in [0, 0.05) is 51.0 Å². The van der Waals surface area contributed by atoms with Gasteiger partial charge in [0.25, 0.3) is 17.4 Å². The average molecular weight is 445 g/mol. The monoisotopic (exact) mass is 444 g/mol. The molecule has 2 atom stereocenters. The molecule has 0 spiro atoms. The molecule has 4 amide bonds. The topological polar surface area (TPSA) is 135 Å². The summed E-state index contributed by atoms with van der Waals surface area (Å²) in [5.41, 5.74) is 11.8. The molecule has 10 heteroatoms. The number of pyridine rings is 1. The first-order chi connectivity index (χ1) is 15.1. The van der Waals surface area contributed by atoms with Crippen molar-refractivity contribution in [2.24, 2.45) is 18.5 Å². The third kappa shape index (κ3) is 4.55. The average Bonchev–Trinajstić information content (AvgIpc) is 2.72. The minimum absolute atomic E-state index is 0.0581. The highest BCUT2D eigenvalue weighted by molar-refractivity contribution is 6.29. The van der Waals surface area contributed by atoms with Gasteiger partial charge in [-0.3, -0.25) is 29.1 Å². The zero-order valence-corrected chi connectivity index (χ0v) is 18.9. The first kappa shape index (κ1) is 23.5. The predicted molar refractivity (Wildman–Crippen MR) is 119 cm³/mol. The van der Waals surface area contributed by atoms with Crippen molar-refractivity contribution in [1.82, 2.24) is 19.3 Å². The van der Waals surface area contributed by atoms with Crippen LogP contribution in [0.2, 0.25) is 0 Å². The van der Waals surface area contributed by atoms with E-state index in [0.717, 1.165) is 21.8 Å². The molecule has 2 saturated heterocycles. The molecule has 1 aromatic rings. The molecule has 0 bridgehead atoms. The highest BCUT2D eigenvalue weighted by Crippen LogP contribution is 2.28. The van der Waals surface area contributed by atoms with Crippen LogP contribution in [-0.4, -0.2) is 62.3 Å². The molecule has 174 valence electrons. The van der Waals surface area contributed by atoms with Gasteiger partial charge in [-0.2, -0.15) is 0 Å². The second kappa shape index (κ2) is 9.56. The Hall–Kier alpha value is -3.14. The van der Waals surface area contributed by atoms with Crippen molar-refractivity contribution in [2.75, 3.05) is 13.1 Å². The maximum absolute atomic E-state index is 13.1. The number of urea groups is 1. The molecule has 32 heavy (non-hydrogen) atoms. The summed E-state index contributed by atoms with van der Waals surface area (Å²) in [5, 5.41) is 0. The van der Waals surface area contributed by atoms with Crippen LogP contribution >= 0.6 is 0 Å². The lowest BCUT2D eigenvalue weighted by atomic mass is 9.94. The van der Waals surface area contributed by atoms with E-state index in [1.54, 1.807) is 19.3 Å². The minimum Gasteiger partial charge on any atom is -0.385 e. The number of aromatic nitrogens is 1. The Kier molecular flexibility index (Phi) is 7.02. The highest BCUT2D eigenvalue weighted by atomic mass is 16.2. The number of imide groups is 2. The molecule has 0 aliphatic carbocycles. The van der Waals surface area contributed by atoms with E-state index in [-0.39, 0.29) is 35.6 Å². The van der Waals surface area contributed by atoms with Crippen LogP contribution in [0.5, 0.6) is 0 Å². The third-order valence-corrected chi connectivity index (χ3v) is 6.26. The summed E-state index contributed by atoms with van der Waals surface area (Å²) < 4.78 is 1.52. The van der Waals surface area contributed by atoms with Gasteiger partial charge in [-0.05, 0) is 37.8 Å². The predicted octanol–water partition coefficient (Wildman–Crippen LogP) is 0.458. The number of carbonyl (C=O) groups excluding carboxylic acids is 3. The third-order valence-electron chi connectivity index (χ3n) is 6.26. The molecule has 2 aliphatic heterocycles. The number of rotatable bonds is 6. The number of hydrogen-bond donors (Lipinski definition) is 2. The van der Waals surface area contributed by atoms with Gasteiger partial charge in [-0.25, -0.2) is 4.79 Å². The van der Waals surface area contributed by atoms with Gasteiger partial charge in [-0.15, -0.1) is 0 Å². The minimum atomic E-state index is -0.721. The molecular weight excluding hydrogens is 412 g/mol. The van der Waals surface area contributed by atoms with E-state index in [0.29, 0.717) is 32.4 Å². The summed E-state index contributed by atoms with van der Waals surface area (Å²) in [6, 6.07) is 2.63. The second-order valence-corrected chi connectivity index (χ2v) is 8.58. The standard InChI is InChI=1S/C22H32N6O4/c1-4-5-8-27-20(30)18(19(23)24)21(31)28(22(27)32)16-7-10-26(14(2)11-16)13-15-6-9-25(3)17(29)12-15/h6,9,12,14,16H,4-5,7-8,10-11,13,23-24H2,1-3H3/t14-,16-/m1/s1. The summed E-state index contributed by atoms with van der Waals surface area (Å²) in [7, 11) is 1.71. The normalized spacial score (nSPS) is 22.6. The Balaban J connectivity index is 1.78. The molecule has 0 radical (unpaired) electrons. The molecule has 4 N–H and O–H groups in total. The van der Waals surface area contributed by atoms with Crippen molar-refractivity contribution < 1.29 is 14.4 Å². The number of amides is 4. The van der Waals surface area contributed by atoms with Crippen LogP contribution in [0, 0.1) is 0 Å². The van der Waals surface area contributed by atoms with Crippen LogP contribution < -0.4 is 17.0 Å². The maximum Gasteiger partial charge on any atom is 0.334 e. The second-order valence-electron chi connectivity index (χ2n) is 8.58. The summed E-state index contributed by atoms with van der Waals surface area (Å²) in [6.07, 6.45) is 4.27. The van der Waals surface area contributed by atoms with Gasteiger partial charge >= 0.3 is 6.03 Å². The molecule has 1 aromatic heterocycles. The van der Waals surface area contributed by atoms with Crippen molar-refractivity contribution >= 4 is 17.8 Å². The molecule has 3 heterocycles. The van der Waals surface area contributed by atoms with Crippen LogP contribution in [0.15, 0.2) is 34.5 Å². The van der Waals surface area contributed by atoms with E-state index in [9.17, 15) is 19.2 Å². The fraction of sp³-hybridized carbons (Fsp3) is 0.545. The van der Waals surface area contributed by atoms with Crippen molar-refractivity contribution in [2.45, 2.75) is 58.2 Å². The lowest BCUT2D eigenvalue weighted by Gasteiger charge is -2.44. The van der Waals surface area contributed by atoms with Gasteiger partial charge < -0.3 is 16.0 Å². The zero-order valence-electron chi connectivity index (χ0n) is 18.9. The van der Waals surface area contributed by atoms with Crippen molar-refractivity contribution in [3.63, 3.8) is 0 Å². The highest BCUT2D eigenvalue weighted by Gasteiger charge is 2.47. The van der Waals surface area contributed by atoms with Crippen molar-refractivity contribution in [1.29, 1.82) is 0 Å². The SMILES string of the molecule is CCCCN1C(=O)C(=C(N)N)C(=O)N([C@@H]2CCN(Cc3ccn(C)c(=O)c3)[C@H](C)C2)C1=O. The number of nitrogens with two attached hydrogens (primary N) is 2. The number of barbiturate groups is 1. The van der Waals surface area contributed by atoms with Crippen molar-refractivity contribution in [3.8, 4) is 0 Å². The van der Waals surface area contributed by atoms with Crippen LogP contribution in [-0.2, 0) is 23.2 Å². The zero-order chi connectivity index (χ0) is 23.6. The first-order valence-corrected chi connectivity index (χ1v) is 11.0. The van der Waals surface area contributed by atoms with E-state index in [1.807, 2.05) is 19.9 Å². The quantitative estimate of drug-likeness (QED) is 0.481. The van der Waals surface area contributed by atoms with Gasteiger partial charge in [0.1, 0.15) is 11.4 Å². The van der Waals surface area contributed by atoms with Gasteiger partial charge in [0.2, 0.25) is 0 Å². The fourth-order valence-corrected chi connectivity index (χ4v) is 4.32. The molecule has 2 aliphatic rings. The first-order valence-electron chi connectivity index (χ1n) is 11.0. The largest absolute Gasteiger partial charge is 0.385 e. The Morgan fingerprint density at radius 2 is 1.88 bits per heavy atom. The number of hydrogen-bond acceptors (Lipinski definition) is 7. The molecule has 0 saturated carbocycles. The lowest BCUT2D eigenvalue weighted by molar-refractivity contribution is -0.138. The van der Waals surface area contributed by atoms with Gasteiger partial charge in [-0.1, -0.05) is 13.3 Å². The summed E-state index contributed by atoms with van der Waals surface area (Å²) in [4.78, 5) is 55.2. The van der Waals surface area contributed by atoms with E-state index >= 15 is 0 Å². The van der Waals surface area contributed by atoms with E-state index in [1.165, 1.54) is 4.57 Å². The van der Waals surface area contributed by atoms with Crippen LogP contribution in [0.1, 0.15) is 45.1 Å². The number of piperidine rings is 1. The Bertz CT molecular complexity index is 996. The molecule has 3 rings (SSSR count). The molecule has 0 aromatic carbocycles. The molecular formula is C22H32N6O4. The van der Waals surface area contributed by atoms with E-state index in [2.05, 4.69) is 4.90 Å². The van der Waals surface area contributed by atoms with Gasteiger partial charge in [0.05, 0.1) is 0 Å². The Labute approximate surface area is 187 Å².